The summed E-state index contributed by atoms with van der Waals surface area (Å²) < 4.78 is 2.40. The molecule has 0 fully saturated rings. The molecule has 0 atom stereocenters. The van der Waals surface area contributed by atoms with Gasteiger partial charge in [-0.3, -0.25) is 0 Å². The first-order chi connectivity index (χ1) is 18.5. The third-order valence-electron chi connectivity index (χ3n) is 8.20. The first kappa shape index (κ1) is 25.8. The zero-order valence-electron chi connectivity index (χ0n) is 22.7. The molecule has 0 amide bonds. The Morgan fingerprint density at radius 1 is 0.718 bits per heavy atom. The fourth-order valence-electron chi connectivity index (χ4n) is 6.55. The maximum absolute atomic E-state index is 4.88. The quantitative estimate of drug-likeness (QED) is 0.149. The van der Waals surface area contributed by atoms with E-state index in [0.29, 0.717) is 11.8 Å². The molecule has 6 aromatic rings. The van der Waals surface area contributed by atoms with Crippen molar-refractivity contribution in [3.05, 3.63) is 114 Å². The second kappa shape index (κ2) is 9.94. The van der Waals surface area contributed by atoms with Crippen molar-refractivity contribution in [1.82, 2.24) is 9.55 Å². The maximum atomic E-state index is 4.88. The van der Waals surface area contributed by atoms with Crippen LogP contribution in [0.15, 0.2) is 97.2 Å². The Balaban J connectivity index is 0.00000277. The first-order valence-corrected chi connectivity index (χ1v) is 13.7. The van der Waals surface area contributed by atoms with E-state index >= 15 is 0 Å². The summed E-state index contributed by atoms with van der Waals surface area (Å²) in [5, 5.41) is 2.55. The summed E-state index contributed by atoms with van der Waals surface area (Å²) in [5.41, 5.74) is 12.7. The second-order valence-electron chi connectivity index (χ2n) is 11.1. The number of para-hydroxylation sites is 2. The molecule has 0 saturated carbocycles. The maximum Gasteiger partial charge on any atom is 0.182 e. The minimum Gasteiger partial charge on any atom is -0.351 e. The number of hydrogen-bond acceptors (Lipinski definition) is 1. The van der Waals surface area contributed by atoms with Crippen molar-refractivity contribution in [1.29, 1.82) is 0 Å². The van der Waals surface area contributed by atoms with Crippen molar-refractivity contribution in [3.8, 4) is 16.9 Å². The Labute approximate surface area is 244 Å². The molecule has 4 aromatic carbocycles. The number of rotatable bonds is 4. The molecule has 0 spiro atoms. The molecule has 2 nitrogen and oxygen atoms in total. The van der Waals surface area contributed by atoms with Crippen molar-refractivity contribution in [2.45, 2.75) is 39.5 Å². The smallest absolute Gasteiger partial charge is 0.182 e. The number of nitrogens with zero attached hydrogens (tertiary/aromatic N) is 2. The summed E-state index contributed by atoms with van der Waals surface area (Å²) in [5.74, 6) is 0.856. The zero-order valence-corrected chi connectivity index (χ0v) is 25.1. The molecule has 0 N–H and O–H groups in total. The molecule has 2 aromatic heterocycles. The zero-order chi connectivity index (χ0) is 26.0. The average Bonchev–Trinajstić information content (AvgIpc) is 3.45. The van der Waals surface area contributed by atoms with Crippen LogP contribution in [0.5, 0.6) is 0 Å². The Kier molecular flexibility index (Phi) is 6.57. The monoisotopic (exact) mass is 682 g/mol. The molecule has 0 unspecified atom stereocenters. The minimum absolute atomic E-state index is 0. The van der Waals surface area contributed by atoms with Crippen molar-refractivity contribution in [2.24, 2.45) is 0 Å². The molecule has 0 aliphatic carbocycles. The van der Waals surface area contributed by atoms with Crippen molar-refractivity contribution >= 4 is 44.9 Å². The molecule has 3 heterocycles. The van der Waals surface area contributed by atoms with Gasteiger partial charge in [0.15, 0.2) is 6.71 Å². The average molecular weight is 682 g/mol. The molecule has 7 rings (SSSR count). The van der Waals surface area contributed by atoms with Crippen molar-refractivity contribution in [3.63, 3.8) is 0 Å². The van der Waals surface area contributed by atoms with Gasteiger partial charge in [-0.1, -0.05) is 110 Å². The summed E-state index contributed by atoms with van der Waals surface area (Å²) in [6.45, 7) is 9.37. The van der Waals surface area contributed by atoms with Gasteiger partial charge in [0.25, 0.3) is 0 Å². The van der Waals surface area contributed by atoms with Crippen LogP contribution < -0.4 is 16.4 Å². The Morgan fingerprint density at radius 2 is 1.33 bits per heavy atom. The van der Waals surface area contributed by atoms with Crippen LogP contribution in [0.2, 0.25) is 0 Å². The molecule has 1 aliphatic heterocycles. The van der Waals surface area contributed by atoms with Gasteiger partial charge in [-0.05, 0) is 41.4 Å². The summed E-state index contributed by atoms with van der Waals surface area (Å²) in [4.78, 5) is 4.88. The molecular weight excluding hydrogens is 651 g/mol. The minimum atomic E-state index is 0. The molecule has 0 saturated heterocycles. The van der Waals surface area contributed by atoms with Gasteiger partial charge >= 0.3 is 0 Å². The predicted molar refractivity (Wildman–Crippen MR) is 162 cm³/mol. The molecule has 39 heavy (non-hydrogen) atoms. The third-order valence-corrected chi connectivity index (χ3v) is 8.20. The summed E-state index contributed by atoms with van der Waals surface area (Å²) in [6, 6.07) is 36.9. The first-order valence-electron chi connectivity index (χ1n) is 13.7. The number of aromatic nitrogens is 2. The van der Waals surface area contributed by atoms with E-state index in [4.69, 9.17) is 4.98 Å². The van der Waals surface area contributed by atoms with Gasteiger partial charge in [0.05, 0.1) is 0 Å². The number of benzene rings is 4. The van der Waals surface area contributed by atoms with E-state index in [1.165, 1.54) is 49.3 Å². The van der Waals surface area contributed by atoms with E-state index < -0.39 is 0 Å². The van der Waals surface area contributed by atoms with Crippen molar-refractivity contribution in [2.75, 3.05) is 0 Å². The Morgan fingerprint density at radius 3 is 1.95 bits per heavy atom. The summed E-state index contributed by atoms with van der Waals surface area (Å²) in [7, 11) is 0. The van der Waals surface area contributed by atoms with Crippen LogP contribution in [0.1, 0.15) is 50.7 Å². The van der Waals surface area contributed by atoms with Gasteiger partial charge in [-0.15, -0.1) is 29.2 Å². The van der Waals surface area contributed by atoms with Crippen LogP contribution in [0.25, 0.3) is 38.8 Å². The van der Waals surface area contributed by atoms with Crippen LogP contribution in [-0.4, -0.2) is 16.3 Å². The molecule has 0 bridgehead atoms. The summed E-state index contributed by atoms with van der Waals surface area (Å²) >= 11 is 0. The fourth-order valence-corrected chi connectivity index (χ4v) is 6.55. The van der Waals surface area contributed by atoms with Gasteiger partial charge in [-0.25, -0.2) is 0 Å². The van der Waals surface area contributed by atoms with Crippen LogP contribution in [0, 0.1) is 6.07 Å². The molecule has 1 radical (unpaired) electrons. The largest absolute Gasteiger partial charge is 0.351 e. The second-order valence-corrected chi connectivity index (χ2v) is 11.1. The Bertz CT molecular complexity index is 1770. The molecule has 1 aliphatic rings. The van der Waals surface area contributed by atoms with Crippen molar-refractivity contribution < 1.29 is 20.1 Å². The topological polar surface area (TPSA) is 17.8 Å². The summed E-state index contributed by atoms with van der Waals surface area (Å²) in [6.07, 6.45) is 1.91. The predicted octanol–water partition coefficient (Wildman–Crippen LogP) is 6.72. The number of pyridine rings is 1. The van der Waals surface area contributed by atoms with Gasteiger partial charge < -0.3 is 9.55 Å². The molecular formula is C35H30BIrN2-. The van der Waals surface area contributed by atoms with Crippen LogP contribution in [0.3, 0.4) is 0 Å². The van der Waals surface area contributed by atoms with Crippen LogP contribution in [-0.2, 0) is 20.1 Å². The SMILES string of the molecule is CC(C)c1cccc(C(C)C)c1B1c2cc(-n3c4ccccc4c4ccccc43)c[c-]c2-c2ncccc21.[Ir]. The standard InChI is InChI=1S/C35H30BN2.Ir/c1-22(2)25-13-9-14-26(23(3)4)34(25)36-30-15-10-20-37-35(30)29-19-18-24(21-31(29)36)38-32-16-7-5-11-27(32)28-12-6-8-17-33(28)38;/h5-18,20-23H,1-4H3;/q-1;. The van der Waals surface area contributed by atoms with Gasteiger partial charge in [0.1, 0.15) is 0 Å². The number of fused-ring (bicyclic) bond motifs is 6. The third kappa shape index (κ3) is 3.93. The van der Waals surface area contributed by atoms with E-state index in [0.717, 1.165) is 16.9 Å². The van der Waals surface area contributed by atoms with E-state index in [2.05, 4.69) is 129 Å². The molecule has 4 heteroatoms. The Hall–Kier alpha value is -3.46. The number of hydrogen-bond donors (Lipinski definition) is 0. The van der Waals surface area contributed by atoms with Crippen LogP contribution in [0.4, 0.5) is 0 Å². The van der Waals surface area contributed by atoms with E-state index in [-0.39, 0.29) is 26.8 Å². The van der Waals surface area contributed by atoms with Crippen LogP contribution >= 0.6 is 0 Å². The van der Waals surface area contributed by atoms with Gasteiger partial charge in [0, 0.05) is 48.1 Å². The normalized spacial score (nSPS) is 12.3. The fraction of sp³-hybridized carbons (Fsp3) is 0.171. The van der Waals surface area contributed by atoms with Gasteiger partial charge in [-0.2, -0.15) is 0 Å². The van der Waals surface area contributed by atoms with E-state index in [1.807, 2.05) is 6.20 Å². The molecule has 193 valence electrons. The van der Waals surface area contributed by atoms with E-state index in [9.17, 15) is 0 Å². The van der Waals surface area contributed by atoms with E-state index in [1.54, 1.807) is 0 Å². The van der Waals surface area contributed by atoms with Gasteiger partial charge in [0.2, 0.25) is 0 Å².